The molecule has 1 N–H and O–H groups in total. The number of carbonyl (C=O) groups is 2. The van der Waals surface area contributed by atoms with Gasteiger partial charge in [-0.2, -0.15) is 0 Å². The first kappa shape index (κ1) is 15.5. The molecule has 0 saturated heterocycles. The first-order valence-corrected chi connectivity index (χ1v) is 7.52. The van der Waals surface area contributed by atoms with Crippen molar-refractivity contribution in [1.29, 1.82) is 0 Å². The van der Waals surface area contributed by atoms with E-state index >= 15 is 0 Å². The molecule has 0 aromatic heterocycles. The molecule has 1 saturated carbocycles. The Bertz CT molecular complexity index is 574. The van der Waals surface area contributed by atoms with Crippen LogP contribution in [0.1, 0.15) is 50.2 Å². The van der Waals surface area contributed by atoms with E-state index in [4.69, 9.17) is 0 Å². The minimum Gasteiger partial charge on any atom is -0.478 e. The van der Waals surface area contributed by atoms with Gasteiger partial charge in [0.1, 0.15) is 5.78 Å². The third-order valence-electron chi connectivity index (χ3n) is 4.39. The number of benzene rings is 1. The van der Waals surface area contributed by atoms with E-state index in [1.807, 2.05) is 32.0 Å². The van der Waals surface area contributed by atoms with Gasteiger partial charge in [0.2, 0.25) is 0 Å². The van der Waals surface area contributed by atoms with Crippen LogP contribution in [-0.4, -0.2) is 16.9 Å². The zero-order chi connectivity index (χ0) is 15.5. The summed E-state index contributed by atoms with van der Waals surface area (Å²) in [5, 5.41) is 9.67. The SMILES string of the molecule is CCC=C(C(=O)O)C1(c2cccc(C)c2)CCC(=O)CC1. The molecule has 0 atom stereocenters. The molecule has 1 fully saturated rings. The summed E-state index contributed by atoms with van der Waals surface area (Å²) < 4.78 is 0. The lowest BCUT2D eigenvalue weighted by atomic mass is 9.64. The second-order valence-corrected chi connectivity index (χ2v) is 5.82. The molecule has 112 valence electrons. The average Bonchev–Trinajstić information content (AvgIpc) is 2.46. The third-order valence-corrected chi connectivity index (χ3v) is 4.39. The van der Waals surface area contributed by atoms with E-state index in [0.29, 0.717) is 37.7 Å². The molecule has 2 rings (SSSR count). The van der Waals surface area contributed by atoms with Crippen molar-refractivity contribution in [2.24, 2.45) is 0 Å². The quantitative estimate of drug-likeness (QED) is 0.857. The van der Waals surface area contributed by atoms with Gasteiger partial charge in [0, 0.05) is 23.8 Å². The second-order valence-electron chi connectivity index (χ2n) is 5.82. The van der Waals surface area contributed by atoms with E-state index in [9.17, 15) is 14.7 Å². The maximum atomic E-state index is 11.8. The lowest BCUT2D eigenvalue weighted by molar-refractivity contribution is -0.134. The smallest absolute Gasteiger partial charge is 0.332 e. The number of hydrogen-bond donors (Lipinski definition) is 1. The predicted octanol–water partition coefficient (Wildman–Crippen LogP) is 3.80. The molecule has 1 aromatic carbocycles. The fourth-order valence-corrected chi connectivity index (χ4v) is 3.30. The molecule has 0 bridgehead atoms. The number of carbonyl (C=O) groups excluding carboxylic acids is 1. The lowest BCUT2D eigenvalue weighted by Gasteiger charge is -2.38. The standard InChI is InChI=1S/C18H22O3/c1-3-5-16(17(20)21)18(10-8-15(19)9-11-18)14-7-4-6-13(2)12-14/h4-7,12H,3,8-11H2,1-2H3,(H,20,21). The van der Waals surface area contributed by atoms with Crippen LogP contribution in [0, 0.1) is 6.92 Å². The van der Waals surface area contributed by atoms with Crippen LogP contribution >= 0.6 is 0 Å². The zero-order valence-electron chi connectivity index (χ0n) is 12.7. The van der Waals surface area contributed by atoms with E-state index in [-0.39, 0.29) is 5.78 Å². The van der Waals surface area contributed by atoms with Crippen molar-refractivity contribution >= 4 is 11.8 Å². The van der Waals surface area contributed by atoms with Crippen molar-refractivity contribution in [2.75, 3.05) is 0 Å². The highest BCUT2D eigenvalue weighted by Crippen LogP contribution is 2.44. The molecule has 21 heavy (non-hydrogen) atoms. The van der Waals surface area contributed by atoms with Gasteiger partial charge in [-0.15, -0.1) is 0 Å². The van der Waals surface area contributed by atoms with Gasteiger partial charge in [-0.25, -0.2) is 4.79 Å². The van der Waals surface area contributed by atoms with Gasteiger partial charge in [0.15, 0.2) is 0 Å². The molecule has 1 aromatic rings. The largest absolute Gasteiger partial charge is 0.478 e. The first-order chi connectivity index (χ1) is 9.99. The normalized spacial score (nSPS) is 18.6. The molecule has 0 unspecified atom stereocenters. The zero-order valence-corrected chi connectivity index (χ0v) is 12.7. The molecule has 3 nitrogen and oxygen atoms in total. The molecule has 0 heterocycles. The molecule has 1 aliphatic carbocycles. The first-order valence-electron chi connectivity index (χ1n) is 7.52. The Hall–Kier alpha value is -1.90. The van der Waals surface area contributed by atoms with E-state index in [2.05, 4.69) is 6.07 Å². The summed E-state index contributed by atoms with van der Waals surface area (Å²) in [6.07, 6.45) is 4.59. The van der Waals surface area contributed by atoms with Crippen LogP contribution in [0.4, 0.5) is 0 Å². The number of aryl methyl sites for hydroxylation is 1. The molecule has 3 heteroatoms. The monoisotopic (exact) mass is 286 g/mol. The Morgan fingerprint density at radius 3 is 2.52 bits per heavy atom. The van der Waals surface area contributed by atoms with Gasteiger partial charge in [-0.05, 0) is 31.7 Å². The van der Waals surface area contributed by atoms with E-state index < -0.39 is 11.4 Å². The van der Waals surface area contributed by atoms with Crippen LogP contribution in [-0.2, 0) is 15.0 Å². The Balaban J connectivity index is 2.56. The van der Waals surface area contributed by atoms with Crippen LogP contribution < -0.4 is 0 Å². The summed E-state index contributed by atoms with van der Waals surface area (Å²) in [7, 11) is 0. The van der Waals surface area contributed by atoms with Gasteiger partial charge in [-0.1, -0.05) is 42.8 Å². The van der Waals surface area contributed by atoms with Gasteiger partial charge >= 0.3 is 5.97 Å². The van der Waals surface area contributed by atoms with Crippen LogP contribution in [0.5, 0.6) is 0 Å². The van der Waals surface area contributed by atoms with Gasteiger partial charge < -0.3 is 5.11 Å². The Morgan fingerprint density at radius 2 is 2.00 bits per heavy atom. The van der Waals surface area contributed by atoms with E-state index in [0.717, 1.165) is 11.1 Å². The van der Waals surface area contributed by atoms with Crippen molar-refractivity contribution in [1.82, 2.24) is 0 Å². The highest BCUT2D eigenvalue weighted by atomic mass is 16.4. The number of carboxylic acids is 1. The van der Waals surface area contributed by atoms with Crippen LogP contribution in [0.15, 0.2) is 35.9 Å². The maximum absolute atomic E-state index is 11.8. The topological polar surface area (TPSA) is 54.4 Å². The predicted molar refractivity (Wildman–Crippen MR) is 82.3 cm³/mol. The molecular weight excluding hydrogens is 264 g/mol. The number of Topliss-reactive ketones (excluding diaryl/α,β-unsaturated/α-hetero) is 1. The highest BCUT2D eigenvalue weighted by Gasteiger charge is 2.42. The van der Waals surface area contributed by atoms with E-state index in [1.165, 1.54) is 0 Å². The van der Waals surface area contributed by atoms with Crippen LogP contribution in [0.2, 0.25) is 0 Å². The minimum atomic E-state index is -0.868. The fourth-order valence-electron chi connectivity index (χ4n) is 3.30. The fraction of sp³-hybridized carbons (Fsp3) is 0.444. The molecule has 0 amide bonds. The maximum Gasteiger partial charge on any atom is 0.332 e. The Labute approximate surface area is 125 Å². The average molecular weight is 286 g/mol. The number of hydrogen-bond acceptors (Lipinski definition) is 2. The lowest BCUT2D eigenvalue weighted by Crippen LogP contribution is -2.37. The molecular formula is C18H22O3. The second kappa shape index (κ2) is 6.25. The third kappa shape index (κ3) is 3.07. The Morgan fingerprint density at radius 1 is 1.33 bits per heavy atom. The molecule has 0 radical (unpaired) electrons. The van der Waals surface area contributed by atoms with Crippen molar-refractivity contribution in [2.45, 2.75) is 51.4 Å². The summed E-state index contributed by atoms with van der Waals surface area (Å²) >= 11 is 0. The van der Waals surface area contributed by atoms with Crippen molar-refractivity contribution in [3.8, 4) is 0 Å². The van der Waals surface area contributed by atoms with Crippen molar-refractivity contribution in [3.63, 3.8) is 0 Å². The molecule has 0 spiro atoms. The summed E-state index contributed by atoms with van der Waals surface area (Å²) in [5.74, 6) is -0.632. The van der Waals surface area contributed by atoms with Crippen molar-refractivity contribution in [3.05, 3.63) is 47.0 Å². The molecule has 1 aliphatic rings. The van der Waals surface area contributed by atoms with Gasteiger partial charge in [-0.3, -0.25) is 4.79 Å². The van der Waals surface area contributed by atoms with Crippen LogP contribution in [0.3, 0.4) is 0 Å². The Kier molecular flexibility index (Phi) is 4.61. The summed E-state index contributed by atoms with van der Waals surface area (Å²) in [4.78, 5) is 23.4. The highest BCUT2D eigenvalue weighted by molar-refractivity contribution is 5.91. The number of rotatable bonds is 4. The number of aliphatic carboxylic acids is 1. The van der Waals surface area contributed by atoms with E-state index in [1.54, 1.807) is 6.08 Å². The summed E-state index contributed by atoms with van der Waals surface area (Å²) in [5.41, 5.74) is 2.06. The minimum absolute atomic E-state index is 0.236. The number of ketones is 1. The van der Waals surface area contributed by atoms with Crippen LogP contribution in [0.25, 0.3) is 0 Å². The van der Waals surface area contributed by atoms with Gasteiger partial charge in [0.05, 0.1) is 0 Å². The summed E-state index contributed by atoms with van der Waals surface area (Å²) in [6, 6.07) is 8.03. The van der Waals surface area contributed by atoms with Crippen molar-refractivity contribution < 1.29 is 14.7 Å². The number of allylic oxidation sites excluding steroid dienone is 1. The van der Waals surface area contributed by atoms with Gasteiger partial charge in [0.25, 0.3) is 0 Å². The summed E-state index contributed by atoms with van der Waals surface area (Å²) in [6.45, 7) is 3.95. The molecule has 0 aliphatic heterocycles. The number of carboxylic acid groups (broad SMARTS) is 1.